The lowest BCUT2D eigenvalue weighted by atomic mass is 9.86. The number of hydrogen-bond donors (Lipinski definition) is 1. The molecule has 0 radical (unpaired) electrons. The average molecular weight is 356 g/mol. The summed E-state index contributed by atoms with van der Waals surface area (Å²) in [6.07, 6.45) is 1.02. The monoisotopic (exact) mass is 356 g/mol. The van der Waals surface area contributed by atoms with Crippen molar-refractivity contribution in [2.45, 2.75) is 45.1 Å². The number of carbonyl (C=O) groups excluding carboxylic acids is 1. The summed E-state index contributed by atoms with van der Waals surface area (Å²) in [5.74, 6) is -0.103. The summed E-state index contributed by atoms with van der Waals surface area (Å²) in [5.41, 5.74) is 3.25. The Labute approximate surface area is 153 Å². The number of aryl methyl sites for hydroxylation is 1. The Kier molecular flexibility index (Phi) is 4.81. The van der Waals surface area contributed by atoms with Crippen LogP contribution in [0.4, 0.5) is 10.5 Å². The Morgan fingerprint density at radius 1 is 1.19 bits per heavy atom. The standard InChI is InChI=1S/C21H25NO4/c1-21(2,3)15-7-4-14(5-8-15)6-10-17-13-22(20(25)26-17)16-9-11-18(23)19(24)12-16/h4-5,7-9,11-12,17,23-24H,6,10,13H2,1-3H3/p+1/t17-/m1/s1. The number of phenols is 1. The molecular formula is C21H26NO4+. The number of anilines is 1. The van der Waals surface area contributed by atoms with Gasteiger partial charge < -0.3 is 14.9 Å². The molecule has 1 saturated heterocycles. The van der Waals surface area contributed by atoms with Crippen LogP contribution in [0.3, 0.4) is 0 Å². The molecule has 2 aromatic rings. The summed E-state index contributed by atoms with van der Waals surface area (Å²) in [6.45, 7) is 7.05. The second kappa shape index (κ2) is 6.90. The number of ether oxygens (including phenoxy) is 1. The largest absolute Gasteiger partial charge is 0.591 e. The molecule has 0 bridgehead atoms. The highest BCUT2D eigenvalue weighted by atomic mass is 16.6. The van der Waals surface area contributed by atoms with Crippen molar-refractivity contribution in [3.63, 3.8) is 0 Å². The molecule has 0 aliphatic carbocycles. The predicted molar refractivity (Wildman–Crippen MR) is 102 cm³/mol. The van der Waals surface area contributed by atoms with Crippen LogP contribution in [0.15, 0.2) is 42.5 Å². The molecule has 1 heterocycles. The Morgan fingerprint density at radius 2 is 1.88 bits per heavy atom. The average Bonchev–Trinajstić information content (AvgIpc) is 2.96. The fourth-order valence-corrected chi connectivity index (χ4v) is 3.07. The van der Waals surface area contributed by atoms with Crippen LogP contribution in [0.1, 0.15) is 38.3 Å². The highest BCUT2D eigenvalue weighted by molar-refractivity contribution is 5.90. The van der Waals surface area contributed by atoms with Gasteiger partial charge in [0.25, 0.3) is 5.75 Å². The van der Waals surface area contributed by atoms with E-state index in [-0.39, 0.29) is 23.0 Å². The molecule has 3 N–H and O–H groups in total. The highest BCUT2D eigenvalue weighted by Crippen LogP contribution is 2.32. The van der Waals surface area contributed by atoms with Crippen molar-refractivity contribution in [3.8, 4) is 11.5 Å². The zero-order valence-corrected chi connectivity index (χ0v) is 15.5. The Hall–Kier alpha value is -2.69. The van der Waals surface area contributed by atoms with Crippen molar-refractivity contribution in [2.75, 3.05) is 11.4 Å². The van der Waals surface area contributed by atoms with Gasteiger partial charge in [0.05, 0.1) is 18.3 Å². The molecular weight excluding hydrogens is 330 g/mol. The number of amides is 1. The number of cyclic esters (lactones) is 1. The maximum atomic E-state index is 12.1. The number of hydrogen-bond acceptors (Lipinski definition) is 3. The summed E-state index contributed by atoms with van der Waals surface area (Å²) >= 11 is 0. The molecule has 26 heavy (non-hydrogen) atoms. The summed E-state index contributed by atoms with van der Waals surface area (Å²) in [7, 11) is 0. The minimum Gasteiger partial charge on any atom is -0.591 e. The highest BCUT2D eigenvalue weighted by Gasteiger charge is 2.32. The van der Waals surface area contributed by atoms with E-state index in [0.717, 1.165) is 12.8 Å². The van der Waals surface area contributed by atoms with Gasteiger partial charge in [-0.1, -0.05) is 45.0 Å². The van der Waals surface area contributed by atoms with Gasteiger partial charge in [0, 0.05) is 0 Å². The molecule has 5 heteroatoms. The first-order valence-corrected chi connectivity index (χ1v) is 8.86. The molecule has 1 amide bonds. The van der Waals surface area contributed by atoms with Gasteiger partial charge in [-0.2, -0.15) is 0 Å². The smallest absolute Gasteiger partial charge is 0.414 e. The van der Waals surface area contributed by atoms with Crippen LogP contribution < -0.4 is 4.90 Å². The molecule has 2 aromatic carbocycles. The van der Waals surface area contributed by atoms with Crippen molar-refractivity contribution < 1.29 is 19.7 Å². The first kappa shape index (κ1) is 18.1. The van der Waals surface area contributed by atoms with E-state index in [4.69, 9.17) is 9.84 Å². The van der Waals surface area contributed by atoms with E-state index in [2.05, 4.69) is 45.0 Å². The third-order valence-corrected chi connectivity index (χ3v) is 4.74. The first-order chi connectivity index (χ1) is 12.2. The van der Waals surface area contributed by atoms with E-state index in [1.54, 1.807) is 6.07 Å². The summed E-state index contributed by atoms with van der Waals surface area (Å²) in [5, 5.41) is 17.1. The Balaban J connectivity index is 1.60. The SMILES string of the molecule is CC(C)(C)c1ccc(CC[C@@H]2CN(c3ccc(O)c([OH2+])c3)C(=O)O2)cc1. The van der Waals surface area contributed by atoms with Crippen LogP contribution >= 0.6 is 0 Å². The van der Waals surface area contributed by atoms with Crippen LogP contribution in [-0.4, -0.2) is 29.0 Å². The van der Waals surface area contributed by atoms with E-state index >= 15 is 0 Å². The van der Waals surface area contributed by atoms with Gasteiger partial charge in [-0.05, 0) is 41.5 Å². The maximum Gasteiger partial charge on any atom is 0.414 e. The van der Waals surface area contributed by atoms with Crippen molar-refractivity contribution >= 4 is 11.8 Å². The normalized spacial score (nSPS) is 17.4. The molecule has 0 aromatic heterocycles. The van der Waals surface area contributed by atoms with E-state index in [1.807, 2.05) is 0 Å². The van der Waals surface area contributed by atoms with Crippen LogP contribution in [0.5, 0.6) is 11.5 Å². The molecule has 1 fully saturated rings. The van der Waals surface area contributed by atoms with Crippen molar-refractivity contribution in [1.29, 1.82) is 0 Å². The molecule has 138 valence electrons. The van der Waals surface area contributed by atoms with Crippen molar-refractivity contribution in [1.82, 2.24) is 0 Å². The second-order valence-electron chi connectivity index (χ2n) is 7.80. The second-order valence-corrected chi connectivity index (χ2v) is 7.80. The van der Waals surface area contributed by atoms with Gasteiger partial charge in [-0.25, -0.2) is 4.79 Å². The number of phenolic OH excluding ortho intramolecular Hbond substituents is 1. The van der Waals surface area contributed by atoms with Gasteiger partial charge in [-0.3, -0.25) is 4.90 Å². The zero-order valence-electron chi connectivity index (χ0n) is 15.5. The molecule has 5 nitrogen and oxygen atoms in total. The quantitative estimate of drug-likeness (QED) is 0.839. The lowest BCUT2D eigenvalue weighted by Gasteiger charge is -2.19. The summed E-state index contributed by atoms with van der Waals surface area (Å²) in [6, 6.07) is 13.1. The first-order valence-electron chi connectivity index (χ1n) is 8.86. The van der Waals surface area contributed by atoms with Crippen molar-refractivity contribution in [2.24, 2.45) is 0 Å². The topological polar surface area (TPSA) is 72.7 Å². The summed E-state index contributed by atoms with van der Waals surface area (Å²) < 4.78 is 5.46. The molecule has 3 rings (SSSR count). The Bertz CT molecular complexity index is 793. The molecule has 0 saturated carbocycles. The number of benzene rings is 2. The number of carbonyl (C=O) groups is 1. The van der Waals surface area contributed by atoms with E-state index in [9.17, 15) is 9.90 Å². The number of rotatable bonds is 4. The lowest BCUT2D eigenvalue weighted by molar-refractivity contribution is 0.137. The predicted octanol–water partition coefficient (Wildman–Crippen LogP) is 4.09. The maximum absolute atomic E-state index is 12.1. The number of aromatic hydroxyl groups is 1. The minimum atomic E-state index is -0.400. The van der Waals surface area contributed by atoms with Crippen molar-refractivity contribution in [3.05, 3.63) is 53.6 Å². The minimum absolute atomic E-state index is 0.00214. The molecule has 1 aliphatic rings. The molecule has 0 spiro atoms. The van der Waals surface area contributed by atoms with E-state index < -0.39 is 6.09 Å². The van der Waals surface area contributed by atoms with Gasteiger partial charge in [0.2, 0.25) is 5.75 Å². The van der Waals surface area contributed by atoms with E-state index in [1.165, 1.54) is 28.2 Å². The zero-order chi connectivity index (χ0) is 18.9. The van der Waals surface area contributed by atoms with Crippen LogP contribution in [0.25, 0.3) is 0 Å². The van der Waals surface area contributed by atoms with E-state index in [0.29, 0.717) is 12.2 Å². The third-order valence-electron chi connectivity index (χ3n) is 4.74. The fraction of sp³-hybridized carbons (Fsp3) is 0.381. The van der Waals surface area contributed by atoms with Gasteiger partial charge >= 0.3 is 6.09 Å². The van der Waals surface area contributed by atoms with Gasteiger partial charge in [-0.15, -0.1) is 0 Å². The van der Waals surface area contributed by atoms with Crippen LogP contribution in [0.2, 0.25) is 0 Å². The molecule has 1 aliphatic heterocycles. The van der Waals surface area contributed by atoms with Gasteiger partial charge in [0.15, 0.2) is 0 Å². The van der Waals surface area contributed by atoms with Gasteiger partial charge in [0.1, 0.15) is 6.10 Å². The van der Waals surface area contributed by atoms with Crippen LogP contribution in [0, 0.1) is 0 Å². The molecule has 0 unspecified atom stereocenters. The number of nitrogens with zero attached hydrogens (tertiary/aromatic N) is 1. The Morgan fingerprint density at radius 3 is 2.50 bits per heavy atom. The summed E-state index contributed by atoms with van der Waals surface area (Å²) in [4.78, 5) is 13.6. The van der Waals surface area contributed by atoms with Crippen LogP contribution in [-0.2, 0) is 16.6 Å². The fourth-order valence-electron chi connectivity index (χ4n) is 3.07. The lowest BCUT2D eigenvalue weighted by Crippen LogP contribution is -2.24. The molecule has 1 atom stereocenters. The third kappa shape index (κ3) is 3.93.